The minimum Gasteiger partial charge on any atom is -0.354 e. The van der Waals surface area contributed by atoms with Gasteiger partial charge in [-0.05, 0) is 24.5 Å². The summed E-state index contributed by atoms with van der Waals surface area (Å²) >= 11 is 0. The van der Waals surface area contributed by atoms with Crippen molar-refractivity contribution >= 4 is 0 Å². The van der Waals surface area contributed by atoms with Crippen molar-refractivity contribution in [3.05, 3.63) is 35.4 Å². The van der Waals surface area contributed by atoms with Crippen molar-refractivity contribution < 1.29 is 9.47 Å². The highest BCUT2D eigenvalue weighted by molar-refractivity contribution is 5.26. The zero-order valence-corrected chi connectivity index (χ0v) is 11.2. The van der Waals surface area contributed by atoms with E-state index in [1.165, 1.54) is 11.1 Å². The van der Waals surface area contributed by atoms with E-state index in [-0.39, 0.29) is 12.3 Å². The van der Waals surface area contributed by atoms with Crippen LogP contribution < -0.4 is 5.32 Å². The maximum Gasteiger partial charge on any atom is 0.171 e. The molecule has 1 aromatic rings. The lowest BCUT2D eigenvalue weighted by Crippen LogP contribution is -2.39. The van der Waals surface area contributed by atoms with E-state index in [4.69, 9.17) is 9.47 Å². The fourth-order valence-corrected chi connectivity index (χ4v) is 1.95. The van der Waals surface area contributed by atoms with Crippen molar-refractivity contribution in [3.8, 4) is 0 Å². The highest BCUT2D eigenvalue weighted by Crippen LogP contribution is 2.10. The minimum atomic E-state index is -0.205. The van der Waals surface area contributed by atoms with Gasteiger partial charge in [0.1, 0.15) is 0 Å². The van der Waals surface area contributed by atoms with E-state index in [0.717, 1.165) is 13.0 Å². The molecule has 0 bridgehead atoms. The molecule has 1 N–H and O–H groups in total. The third-order valence-corrected chi connectivity index (χ3v) is 2.99. The molecule has 0 fully saturated rings. The van der Waals surface area contributed by atoms with E-state index >= 15 is 0 Å². The summed E-state index contributed by atoms with van der Waals surface area (Å²) in [5.41, 5.74) is 2.73. The van der Waals surface area contributed by atoms with Crippen LogP contribution in [0.2, 0.25) is 0 Å². The molecule has 0 saturated carbocycles. The molecule has 1 aromatic carbocycles. The molecule has 0 heterocycles. The number of methoxy groups -OCH3 is 2. The Hall–Kier alpha value is -0.900. The van der Waals surface area contributed by atoms with Gasteiger partial charge in [0.2, 0.25) is 0 Å². The van der Waals surface area contributed by atoms with Crippen molar-refractivity contribution in [1.82, 2.24) is 5.32 Å². The predicted octanol–water partition coefficient (Wildman–Crippen LogP) is 2.35. The van der Waals surface area contributed by atoms with E-state index in [2.05, 4.69) is 43.4 Å². The molecule has 0 aliphatic heterocycles. The second kappa shape index (κ2) is 7.43. The van der Waals surface area contributed by atoms with Gasteiger partial charge in [-0.3, -0.25) is 0 Å². The van der Waals surface area contributed by atoms with Crippen LogP contribution >= 0.6 is 0 Å². The summed E-state index contributed by atoms with van der Waals surface area (Å²) in [5.74, 6) is 0. The third-order valence-electron chi connectivity index (χ3n) is 2.99. The van der Waals surface area contributed by atoms with Gasteiger partial charge in [-0.15, -0.1) is 0 Å². The standard InChI is InChI=1S/C14H23NO2/c1-5-12-8-6-7-9-13(12)10-15-11(2)14(16-3)17-4/h6-9,11,14-15H,5,10H2,1-4H3. The summed E-state index contributed by atoms with van der Waals surface area (Å²) in [5, 5.41) is 3.43. The fourth-order valence-electron chi connectivity index (χ4n) is 1.95. The molecule has 1 unspecified atom stereocenters. The summed E-state index contributed by atoms with van der Waals surface area (Å²) in [4.78, 5) is 0. The zero-order valence-electron chi connectivity index (χ0n) is 11.2. The van der Waals surface area contributed by atoms with Gasteiger partial charge in [0.05, 0.1) is 6.04 Å². The van der Waals surface area contributed by atoms with Crippen LogP contribution in [-0.2, 0) is 22.4 Å². The topological polar surface area (TPSA) is 30.5 Å². The number of nitrogens with one attached hydrogen (secondary N) is 1. The first-order chi connectivity index (χ1) is 8.22. The first kappa shape index (κ1) is 14.2. The molecule has 0 spiro atoms. The van der Waals surface area contributed by atoms with Gasteiger partial charge in [-0.25, -0.2) is 0 Å². The van der Waals surface area contributed by atoms with Crippen LogP contribution in [0.25, 0.3) is 0 Å². The second-order valence-electron chi connectivity index (χ2n) is 4.13. The normalized spacial score (nSPS) is 13.0. The van der Waals surface area contributed by atoms with Gasteiger partial charge >= 0.3 is 0 Å². The van der Waals surface area contributed by atoms with Crippen LogP contribution in [0.4, 0.5) is 0 Å². The monoisotopic (exact) mass is 237 g/mol. The van der Waals surface area contributed by atoms with E-state index in [0.29, 0.717) is 0 Å². The molecule has 1 rings (SSSR count). The maximum absolute atomic E-state index is 5.22. The van der Waals surface area contributed by atoms with E-state index < -0.39 is 0 Å². The van der Waals surface area contributed by atoms with Gasteiger partial charge in [0.25, 0.3) is 0 Å². The Kier molecular flexibility index (Phi) is 6.19. The van der Waals surface area contributed by atoms with Gasteiger partial charge in [0.15, 0.2) is 6.29 Å². The summed E-state index contributed by atoms with van der Waals surface area (Å²) in [6.07, 6.45) is 0.855. The lowest BCUT2D eigenvalue weighted by Gasteiger charge is -2.22. The molecular formula is C14H23NO2. The lowest BCUT2D eigenvalue weighted by atomic mass is 10.1. The predicted molar refractivity (Wildman–Crippen MR) is 69.9 cm³/mol. The molecule has 0 aromatic heterocycles. The summed E-state index contributed by atoms with van der Waals surface area (Å²) in [6, 6.07) is 8.65. The largest absolute Gasteiger partial charge is 0.354 e. The third kappa shape index (κ3) is 4.11. The number of benzene rings is 1. The average Bonchev–Trinajstić information content (AvgIpc) is 2.38. The second-order valence-corrected chi connectivity index (χ2v) is 4.13. The van der Waals surface area contributed by atoms with Crippen LogP contribution in [0.15, 0.2) is 24.3 Å². The number of aryl methyl sites for hydroxylation is 1. The van der Waals surface area contributed by atoms with Crippen molar-refractivity contribution in [2.24, 2.45) is 0 Å². The van der Waals surface area contributed by atoms with Crippen molar-refractivity contribution in [1.29, 1.82) is 0 Å². The number of hydrogen-bond donors (Lipinski definition) is 1. The molecular weight excluding hydrogens is 214 g/mol. The van der Waals surface area contributed by atoms with Crippen LogP contribution in [-0.4, -0.2) is 26.6 Å². The van der Waals surface area contributed by atoms with E-state index in [9.17, 15) is 0 Å². The average molecular weight is 237 g/mol. The SMILES string of the molecule is CCc1ccccc1CNC(C)C(OC)OC. The number of rotatable bonds is 7. The summed E-state index contributed by atoms with van der Waals surface area (Å²) in [7, 11) is 3.32. The molecule has 0 radical (unpaired) electrons. The molecule has 0 aliphatic carbocycles. The Morgan fingerprint density at radius 3 is 2.24 bits per heavy atom. The molecule has 0 aliphatic rings. The van der Waals surface area contributed by atoms with Crippen LogP contribution in [0.3, 0.4) is 0 Å². The highest BCUT2D eigenvalue weighted by atomic mass is 16.7. The molecule has 0 saturated heterocycles. The van der Waals surface area contributed by atoms with Crippen molar-refractivity contribution in [3.63, 3.8) is 0 Å². The molecule has 96 valence electrons. The quantitative estimate of drug-likeness (QED) is 0.738. The summed E-state index contributed by atoms with van der Waals surface area (Å²) in [6.45, 7) is 5.08. The van der Waals surface area contributed by atoms with Crippen LogP contribution in [0.5, 0.6) is 0 Å². The molecule has 3 nitrogen and oxygen atoms in total. The zero-order chi connectivity index (χ0) is 12.7. The Morgan fingerprint density at radius 1 is 1.12 bits per heavy atom. The van der Waals surface area contributed by atoms with Gasteiger partial charge < -0.3 is 14.8 Å². The first-order valence-corrected chi connectivity index (χ1v) is 6.08. The summed E-state index contributed by atoms with van der Waals surface area (Å²) < 4.78 is 10.4. The van der Waals surface area contributed by atoms with Crippen molar-refractivity contribution in [2.45, 2.75) is 39.1 Å². The van der Waals surface area contributed by atoms with Crippen LogP contribution in [0.1, 0.15) is 25.0 Å². The van der Waals surface area contributed by atoms with Gasteiger partial charge in [-0.1, -0.05) is 31.2 Å². The fraction of sp³-hybridized carbons (Fsp3) is 0.571. The lowest BCUT2D eigenvalue weighted by molar-refractivity contribution is -0.119. The molecule has 0 amide bonds. The minimum absolute atomic E-state index is 0.162. The Labute approximate surface area is 104 Å². The molecule has 1 atom stereocenters. The van der Waals surface area contributed by atoms with Gasteiger partial charge in [-0.2, -0.15) is 0 Å². The molecule has 17 heavy (non-hydrogen) atoms. The smallest absolute Gasteiger partial charge is 0.171 e. The Bertz CT molecular complexity index is 324. The Morgan fingerprint density at radius 2 is 1.71 bits per heavy atom. The van der Waals surface area contributed by atoms with Gasteiger partial charge in [0, 0.05) is 20.8 Å². The first-order valence-electron chi connectivity index (χ1n) is 6.08. The van der Waals surface area contributed by atoms with E-state index in [1.807, 2.05) is 0 Å². The molecule has 3 heteroatoms. The van der Waals surface area contributed by atoms with E-state index in [1.54, 1.807) is 14.2 Å². The highest BCUT2D eigenvalue weighted by Gasteiger charge is 2.15. The van der Waals surface area contributed by atoms with Crippen molar-refractivity contribution in [2.75, 3.05) is 14.2 Å². The number of hydrogen-bond acceptors (Lipinski definition) is 3. The van der Waals surface area contributed by atoms with Crippen LogP contribution in [0, 0.1) is 0 Å². The Balaban J connectivity index is 2.54. The number of ether oxygens (including phenoxy) is 2. The maximum atomic E-state index is 5.22.